The Kier molecular flexibility index (Phi) is 14.1. The van der Waals surface area contributed by atoms with Gasteiger partial charge >= 0.3 is 0 Å². The van der Waals surface area contributed by atoms with Crippen LogP contribution in [0.1, 0.15) is 105 Å². The lowest BCUT2D eigenvalue weighted by molar-refractivity contribution is -0.141. The second-order valence-corrected chi connectivity index (χ2v) is 20.9. The summed E-state index contributed by atoms with van der Waals surface area (Å²) in [5.41, 5.74) is 12.4. The first-order valence-corrected chi connectivity index (χ1v) is 25.3. The number of β-amino-alcohol motifs (C(OH)–C–C–N with tert-alkyl or cyclic N) is 1. The molecule has 5 aromatic heterocycles. The third kappa shape index (κ3) is 9.96. The molecule has 20 heteroatoms. The Balaban J connectivity index is 0.763. The molecular formula is C49H58N12O6S2. The maximum atomic E-state index is 14.2. The number of rotatable bonds is 15. The zero-order valence-electron chi connectivity index (χ0n) is 39.6. The van der Waals surface area contributed by atoms with Crippen molar-refractivity contribution >= 4 is 45.4 Å². The van der Waals surface area contributed by atoms with Crippen LogP contribution in [0.2, 0.25) is 0 Å². The predicted octanol–water partition coefficient (Wildman–Crippen LogP) is 6.49. The van der Waals surface area contributed by atoms with Gasteiger partial charge in [-0.25, -0.2) is 15.0 Å². The first-order valence-electron chi connectivity index (χ1n) is 23.6. The van der Waals surface area contributed by atoms with Crippen molar-refractivity contribution in [2.75, 3.05) is 50.0 Å². The maximum Gasteiger partial charge on any atom is 0.254 e. The number of fused-ring (bicyclic) bond motifs is 1. The molecule has 5 atom stereocenters. The van der Waals surface area contributed by atoms with Gasteiger partial charge in [0.25, 0.3) is 5.88 Å². The van der Waals surface area contributed by atoms with Crippen LogP contribution in [0.4, 0.5) is 10.9 Å². The summed E-state index contributed by atoms with van der Waals surface area (Å²) in [4.78, 5) is 54.8. The highest BCUT2D eigenvalue weighted by atomic mass is 32.1. The standard InChI is InChI=1S/C49H58N12O6S2/c1-28(2)40(46(64)61-26-33(62)21-36(61)45(63)53-24-31-10-12-32(13-11-31)42-30(4)54-27-68-42)37-22-39(57-66-37)65-20-8-18-59-17-7-19-60(29(3)25-59)48-52-16-14-35(55-48)44-56-47(67-58-44)49(5)15-6-9-38-41(49)34(23-50)43(51)69-38/h10-14,16,22,27-29,33,36,40,62H,6-9,15,17-21,24-26,51H2,1-5H3,(H,53,63)/t29-,33+,36-,40?,49-/m0/s1. The number of nitrogens with two attached hydrogens (primary N) is 1. The van der Waals surface area contributed by atoms with Gasteiger partial charge in [0, 0.05) is 67.9 Å². The highest BCUT2D eigenvalue weighted by Gasteiger charge is 2.45. The smallest absolute Gasteiger partial charge is 0.254 e. The zero-order valence-corrected chi connectivity index (χ0v) is 41.2. The molecule has 0 radical (unpaired) electrons. The minimum Gasteiger partial charge on any atom is -0.475 e. The van der Waals surface area contributed by atoms with Crippen molar-refractivity contribution in [3.05, 3.63) is 87.0 Å². The van der Waals surface area contributed by atoms with Crippen molar-refractivity contribution in [3.63, 3.8) is 0 Å². The van der Waals surface area contributed by atoms with Crippen molar-refractivity contribution in [1.29, 1.82) is 5.26 Å². The minimum atomic E-state index is -0.825. The highest BCUT2D eigenvalue weighted by molar-refractivity contribution is 7.16. The molecule has 2 fully saturated rings. The van der Waals surface area contributed by atoms with E-state index in [1.807, 2.05) is 57.5 Å². The fourth-order valence-electron chi connectivity index (χ4n) is 10.1. The highest BCUT2D eigenvalue weighted by Crippen LogP contribution is 2.48. The quantitative estimate of drug-likeness (QED) is 0.0932. The van der Waals surface area contributed by atoms with E-state index >= 15 is 0 Å². The fourth-order valence-corrected chi connectivity index (χ4v) is 12.1. The average Bonchev–Trinajstić information content (AvgIpc) is 4.19. The van der Waals surface area contributed by atoms with Crippen molar-refractivity contribution < 1.29 is 28.5 Å². The Morgan fingerprint density at radius 3 is 2.70 bits per heavy atom. The third-order valence-electron chi connectivity index (χ3n) is 13.6. The molecule has 9 rings (SSSR count). The van der Waals surface area contributed by atoms with Crippen molar-refractivity contribution in [2.24, 2.45) is 5.92 Å². The van der Waals surface area contributed by atoms with Gasteiger partial charge in [-0.05, 0) is 87.7 Å². The molecule has 6 aromatic rings. The van der Waals surface area contributed by atoms with Gasteiger partial charge in [-0.15, -0.1) is 22.7 Å². The van der Waals surface area contributed by atoms with Crippen LogP contribution >= 0.6 is 22.7 Å². The van der Waals surface area contributed by atoms with E-state index in [2.05, 4.69) is 48.4 Å². The predicted molar refractivity (Wildman–Crippen MR) is 260 cm³/mol. The summed E-state index contributed by atoms with van der Waals surface area (Å²) in [7, 11) is 0. The number of nitrogens with one attached hydrogen (secondary N) is 1. The molecule has 1 unspecified atom stereocenters. The number of hydrogen-bond donors (Lipinski definition) is 3. The summed E-state index contributed by atoms with van der Waals surface area (Å²) in [5.74, 6) is 0.520. The zero-order chi connectivity index (χ0) is 48.4. The molecule has 4 N–H and O–H groups in total. The van der Waals surface area contributed by atoms with Gasteiger partial charge in [0.2, 0.25) is 29.5 Å². The Morgan fingerprint density at radius 1 is 1.10 bits per heavy atom. The number of aliphatic hydroxyl groups is 1. The Labute approximate surface area is 408 Å². The van der Waals surface area contributed by atoms with E-state index in [9.17, 15) is 20.0 Å². The number of thiazole rings is 1. The average molecular weight is 975 g/mol. The largest absolute Gasteiger partial charge is 0.475 e. The maximum absolute atomic E-state index is 14.2. The number of nitrogens with zero attached hydrogens (tertiary/aromatic N) is 10. The van der Waals surface area contributed by atoms with Gasteiger partial charge in [0.15, 0.2) is 5.76 Å². The molecule has 2 amide bonds. The number of hydrogen-bond acceptors (Lipinski definition) is 18. The van der Waals surface area contributed by atoms with Gasteiger partial charge in [-0.2, -0.15) is 10.2 Å². The van der Waals surface area contributed by atoms with Crippen LogP contribution in [0.3, 0.4) is 0 Å². The molecule has 0 saturated carbocycles. The molecule has 3 aliphatic rings. The van der Waals surface area contributed by atoms with E-state index in [4.69, 9.17) is 29.5 Å². The Morgan fingerprint density at radius 2 is 1.93 bits per heavy atom. The fraction of sp³-hybridized carbons (Fsp3) is 0.490. The molecule has 2 saturated heterocycles. The number of anilines is 2. The van der Waals surface area contributed by atoms with Crippen LogP contribution in [-0.2, 0) is 28.0 Å². The van der Waals surface area contributed by atoms with Crippen molar-refractivity contribution in [2.45, 2.75) is 109 Å². The molecule has 7 heterocycles. The Bertz CT molecular complexity index is 2820. The number of benzene rings is 1. The molecule has 18 nitrogen and oxygen atoms in total. The second-order valence-electron chi connectivity index (χ2n) is 18.9. The monoisotopic (exact) mass is 974 g/mol. The molecule has 362 valence electrons. The number of nitriles is 1. The van der Waals surface area contributed by atoms with E-state index < -0.39 is 23.5 Å². The van der Waals surface area contributed by atoms with Crippen LogP contribution in [0.15, 0.2) is 57.2 Å². The molecule has 69 heavy (non-hydrogen) atoms. The number of amides is 2. The first-order chi connectivity index (χ1) is 33.3. The summed E-state index contributed by atoms with van der Waals surface area (Å²) >= 11 is 3.06. The van der Waals surface area contributed by atoms with E-state index in [0.717, 1.165) is 90.4 Å². The normalized spacial score (nSPS) is 21.2. The molecule has 1 aliphatic carbocycles. The van der Waals surface area contributed by atoms with Gasteiger partial charge in [0.1, 0.15) is 28.7 Å². The van der Waals surface area contributed by atoms with Gasteiger partial charge in [-0.3, -0.25) is 9.59 Å². The van der Waals surface area contributed by atoms with Crippen LogP contribution in [0.5, 0.6) is 5.88 Å². The van der Waals surface area contributed by atoms with E-state index in [1.165, 1.54) is 16.2 Å². The summed E-state index contributed by atoms with van der Waals surface area (Å²) in [6.07, 6.45) is 5.26. The number of aromatic nitrogens is 6. The van der Waals surface area contributed by atoms with Crippen LogP contribution < -0.4 is 20.7 Å². The lowest BCUT2D eigenvalue weighted by Gasteiger charge is -2.30. The van der Waals surface area contributed by atoms with E-state index in [-0.39, 0.29) is 49.2 Å². The topological polar surface area (TPSA) is 239 Å². The number of likely N-dealkylation sites (tertiary alicyclic amines) is 1. The number of nitrogen functional groups attached to an aromatic ring is 1. The third-order valence-corrected chi connectivity index (χ3v) is 15.7. The SMILES string of the molecule is Cc1ncsc1-c1ccc(CNC(=O)[C@@H]2C[C@@H](O)CN2C(=O)C(c2cc(OCCCN3CCCN(c4nccc(-c5noc([C@@]6(C)CCCc7sc(N)c(C#N)c76)n5)n4)[C@@H](C)C3)no2)C(C)C)cc1. The summed E-state index contributed by atoms with van der Waals surface area (Å²) in [6.45, 7) is 14.0. The lowest BCUT2D eigenvalue weighted by Crippen LogP contribution is -2.48. The molecular weight excluding hydrogens is 917 g/mol. The molecule has 0 spiro atoms. The second kappa shape index (κ2) is 20.4. The number of aryl methyl sites for hydroxylation is 2. The van der Waals surface area contributed by atoms with Gasteiger partial charge in [0.05, 0.1) is 39.8 Å². The molecule has 1 aromatic carbocycles. The number of thiophene rings is 1. The van der Waals surface area contributed by atoms with Crippen LogP contribution in [0, 0.1) is 24.2 Å². The number of carbonyl (C=O) groups is 2. The lowest BCUT2D eigenvalue weighted by atomic mass is 9.72. The van der Waals surface area contributed by atoms with E-state index in [1.54, 1.807) is 29.7 Å². The summed E-state index contributed by atoms with van der Waals surface area (Å²) < 4.78 is 17.7. The number of carbonyl (C=O) groups excluding carboxylic acids is 2. The first kappa shape index (κ1) is 47.8. The molecule has 0 bridgehead atoms. The minimum absolute atomic E-state index is 0.0493. The summed E-state index contributed by atoms with van der Waals surface area (Å²) in [6, 6.07) is 13.0. The Hall–Kier alpha value is -6.27. The van der Waals surface area contributed by atoms with Gasteiger partial charge < -0.3 is 44.6 Å². The van der Waals surface area contributed by atoms with Gasteiger partial charge in [-0.1, -0.05) is 43.3 Å². The van der Waals surface area contributed by atoms with E-state index in [0.29, 0.717) is 46.3 Å². The van der Waals surface area contributed by atoms with Crippen LogP contribution in [-0.4, -0.2) is 114 Å². The van der Waals surface area contributed by atoms with Crippen molar-refractivity contribution in [1.82, 2.24) is 45.4 Å². The van der Waals surface area contributed by atoms with Crippen molar-refractivity contribution in [3.8, 4) is 33.9 Å². The number of ether oxygens (including phenoxy) is 1. The summed E-state index contributed by atoms with van der Waals surface area (Å²) in [5, 5.41) is 32.6. The molecule has 2 aliphatic heterocycles. The number of aliphatic hydroxyl groups excluding tert-OH is 1. The van der Waals surface area contributed by atoms with Crippen LogP contribution in [0.25, 0.3) is 22.0 Å².